The van der Waals surface area contributed by atoms with Crippen molar-refractivity contribution in [1.29, 1.82) is 0 Å². The number of hydrogen-bond acceptors (Lipinski definition) is 6. The predicted octanol–water partition coefficient (Wildman–Crippen LogP) is 2.04. The second-order valence-electron chi connectivity index (χ2n) is 5.80. The topological polar surface area (TPSA) is 66.9 Å². The van der Waals surface area contributed by atoms with Gasteiger partial charge >= 0.3 is 5.97 Å². The average Bonchev–Trinajstić information content (AvgIpc) is 3.18. The SMILES string of the molecule is COC(=O)c1ccc(CN2CCN(S(=O)(=O)c3cccs3)CC2)cc1. The summed E-state index contributed by atoms with van der Waals surface area (Å²) in [5.74, 6) is -0.348. The lowest BCUT2D eigenvalue weighted by Gasteiger charge is -2.33. The van der Waals surface area contributed by atoms with Gasteiger partial charge in [0.1, 0.15) is 4.21 Å². The van der Waals surface area contributed by atoms with E-state index in [9.17, 15) is 13.2 Å². The number of benzene rings is 1. The molecule has 6 nitrogen and oxygen atoms in total. The number of sulfonamides is 1. The van der Waals surface area contributed by atoms with Gasteiger partial charge in [0.2, 0.25) is 0 Å². The Balaban J connectivity index is 1.57. The fourth-order valence-corrected chi connectivity index (χ4v) is 5.35. The molecule has 0 N–H and O–H groups in total. The van der Waals surface area contributed by atoms with Crippen LogP contribution in [0.15, 0.2) is 46.0 Å². The van der Waals surface area contributed by atoms with Crippen molar-refractivity contribution < 1.29 is 17.9 Å². The molecule has 134 valence electrons. The Labute approximate surface area is 151 Å². The van der Waals surface area contributed by atoms with Gasteiger partial charge in [-0.05, 0) is 29.1 Å². The third-order valence-corrected chi connectivity index (χ3v) is 7.47. The van der Waals surface area contributed by atoms with Gasteiger partial charge in [0, 0.05) is 32.7 Å². The van der Waals surface area contributed by atoms with Crippen molar-refractivity contribution in [2.45, 2.75) is 10.8 Å². The first-order chi connectivity index (χ1) is 12.0. The summed E-state index contributed by atoms with van der Waals surface area (Å²) < 4.78 is 31.7. The standard InChI is InChI=1S/C17H20N2O4S2/c1-23-17(20)15-6-4-14(5-7-15)13-18-8-10-19(11-9-18)25(21,22)16-3-2-12-24-16/h2-7,12H,8-11,13H2,1H3. The minimum atomic E-state index is -3.36. The number of methoxy groups -OCH3 is 1. The third kappa shape index (κ3) is 4.09. The van der Waals surface area contributed by atoms with Gasteiger partial charge in [-0.15, -0.1) is 11.3 Å². The summed E-state index contributed by atoms with van der Waals surface area (Å²) in [4.78, 5) is 13.7. The monoisotopic (exact) mass is 380 g/mol. The Hall–Kier alpha value is -1.74. The highest BCUT2D eigenvalue weighted by Crippen LogP contribution is 2.22. The summed E-state index contributed by atoms with van der Waals surface area (Å²) in [5, 5.41) is 1.78. The number of thiophene rings is 1. The van der Waals surface area contributed by atoms with Crippen molar-refractivity contribution in [3.63, 3.8) is 0 Å². The van der Waals surface area contributed by atoms with Gasteiger partial charge in [-0.1, -0.05) is 18.2 Å². The molecule has 1 aliphatic heterocycles. The van der Waals surface area contributed by atoms with E-state index in [0.717, 1.165) is 12.1 Å². The zero-order chi connectivity index (χ0) is 17.9. The highest BCUT2D eigenvalue weighted by atomic mass is 32.2. The molecule has 3 rings (SSSR count). The molecule has 0 bridgehead atoms. The quantitative estimate of drug-likeness (QED) is 0.743. The van der Waals surface area contributed by atoms with Crippen LogP contribution in [-0.2, 0) is 21.3 Å². The number of carbonyl (C=O) groups is 1. The maximum Gasteiger partial charge on any atom is 0.337 e. The van der Waals surface area contributed by atoms with Crippen molar-refractivity contribution in [3.8, 4) is 0 Å². The number of esters is 1. The van der Waals surface area contributed by atoms with Crippen LogP contribution in [0.5, 0.6) is 0 Å². The Morgan fingerprint density at radius 3 is 2.36 bits per heavy atom. The second-order valence-corrected chi connectivity index (χ2v) is 8.91. The van der Waals surface area contributed by atoms with Gasteiger partial charge in [-0.2, -0.15) is 4.31 Å². The zero-order valence-corrected chi connectivity index (χ0v) is 15.6. The first-order valence-corrected chi connectivity index (χ1v) is 10.3. The third-order valence-electron chi connectivity index (χ3n) is 4.20. The van der Waals surface area contributed by atoms with E-state index in [2.05, 4.69) is 9.64 Å². The van der Waals surface area contributed by atoms with E-state index in [1.807, 2.05) is 12.1 Å². The lowest BCUT2D eigenvalue weighted by molar-refractivity contribution is 0.0600. The first-order valence-electron chi connectivity index (χ1n) is 7.94. The summed E-state index contributed by atoms with van der Waals surface area (Å²) in [5.41, 5.74) is 1.61. The van der Waals surface area contributed by atoms with Crippen LogP contribution in [0, 0.1) is 0 Å². The van der Waals surface area contributed by atoms with Crippen LogP contribution in [0.3, 0.4) is 0 Å². The minimum Gasteiger partial charge on any atom is -0.465 e. The Morgan fingerprint density at radius 1 is 1.12 bits per heavy atom. The van der Waals surface area contributed by atoms with Crippen LogP contribution in [0.2, 0.25) is 0 Å². The van der Waals surface area contributed by atoms with E-state index in [4.69, 9.17) is 0 Å². The van der Waals surface area contributed by atoms with E-state index >= 15 is 0 Å². The molecule has 1 aromatic heterocycles. The van der Waals surface area contributed by atoms with E-state index < -0.39 is 10.0 Å². The molecule has 2 heterocycles. The average molecular weight is 380 g/mol. The largest absolute Gasteiger partial charge is 0.465 e. The first kappa shape index (κ1) is 18.1. The number of piperazine rings is 1. The van der Waals surface area contributed by atoms with Crippen molar-refractivity contribution in [2.24, 2.45) is 0 Å². The number of nitrogens with zero attached hydrogens (tertiary/aromatic N) is 2. The highest BCUT2D eigenvalue weighted by Gasteiger charge is 2.29. The molecular formula is C17H20N2O4S2. The van der Waals surface area contributed by atoms with Gasteiger partial charge in [-0.3, -0.25) is 4.90 Å². The number of carbonyl (C=O) groups excluding carboxylic acids is 1. The molecule has 8 heteroatoms. The van der Waals surface area contributed by atoms with Crippen LogP contribution >= 0.6 is 11.3 Å². The molecule has 25 heavy (non-hydrogen) atoms. The lowest BCUT2D eigenvalue weighted by atomic mass is 10.1. The highest BCUT2D eigenvalue weighted by molar-refractivity contribution is 7.91. The minimum absolute atomic E-state index is 0.348. The molecule has 0 saturated carbocycles. The molecule has 0 spiro atoms. The summed E-state index contributed by atoms with van der Waals surface area (Å²) in [6.07, 6.45) is 0. The molecule has 2 aromatic rings. The fourth-order valence-electron chi connectivity index (χ4n) is 2.79. The molecule has 1 saturated heterocycles. The Bertz CT molecular complexity index is 809. The van der Waals surface area contributed by atoms with Gasteiger partial charge in [0.15, 0.2) is 0 Å². The second kappa shape index (κ2) is 7.65. The van der Waals surface area contributed by atoms with Gasteiger partial charge in [-0.25, -0.2) is 13.2 Å². The molecular weight excluding hydrogens is 360 g/mol. The fraction of sp³-hybridized carbons (Fsp3) is 0.353. The molecule has 1 aliphatic rings. The van der Waals surface area contributed by atoms with Crippen molar-refractivity contribution in [2.75, 3.05) is 33.3 Å². The van der Waals surface area contributed by atoms with Gasteiger partial charge < -0.3 is 4.74 Å². The molecule has 0 amide bonds. The molecule has 1 aromatic carbocycles. The molecule has 0 atom stereocenters. The van der Waals surface area contributed by atoms with Crippen molar-refractivity contribution in [3.05, 3.63) is 52.9 Å². The van der Waals surface area contributed by atoms with E-state index in [1.54, 1.807) is 34.0 Å². The number of rotatable bonds is 5. The van der Waals surface area contributed by atoms with Gasteiger partial charge in [0.05, 0.1) is 12.7 Å². The summed E-state index contributed by atoms with van der Waals surface area (Å²) in [6, 6.07) is 10.7. The Kier molecular flexibility index (Phi) is 5.53. The summed E-state index contributed by atoms with van der Waals surface area (Å²) in [6.45, 7) is 3.07. The zero-order valence-electron chi connectivity index (χ0n) is 13.9. The van der Waals surface area contributed by atoms with Crippen LogP contribution in [0.25, 0.3) is 0 Å². The van der Waals surface area contributed by atoms with Crippen LogP contribution in [0.4, 0.5) is 0 Å². The maximum absolute atomic E-state index is 12.5. The van der Waals surface area contributed by atoms with E-state index in [1.165, 1.54) is 18.4 Å². The number of hydrogen-bond donors (Lipinski definition) is 0. The summed E-state index contributed by atoms with van der Waals surface area (Å²) in [7, 11) is -2.00. The van der Waals surface area contributed by atoms with Gasteiger partial charge in [0.25, 0.3) is 10.0 Å². The maximum atomic E-state index is 12.5. The normalized spacial score (nSPS) is 16.7. The smallest absolute Gasteiger partial charge is 0.337 e. The number of ether oxygens (including phenoxy) is 1. The predicted molar refractivity (Wildman–Crippen MR) is 96.1 cm³/mol. The Morgan fingerprint density at radius 2 is 1.80 bits per heavy atom. The van der Waals surface area contributed by atoms with Crippen molar-refractivity contribution >= 4 is 27.3 Å². The molecule has 1 fully saturated rings. The molecule has 0 aliphatic carbocycles. The molecule has 0 radical (unpaired) electrons. The van der Waals surface area contributed by atoms with Crippen molar-refractivity contribution in [1.82, 2.24) is 9.21 Å². The van der Waals surface area contributed by atoms with E-state index in [0.29, 0.717) is 36.0 Å². The van der Waals surface area contributed by atoms with Crippen LogP contribution < -0.4 is 0 Å². The molecule has 0 unspecified atom stereocenters. The lowest BCUT2D eigenvalue weighted by Crippen LogP contribution is -2.48. The van der Waals surface area contributed by atoms with Crippen LogP contribution in [0.1, 0.15) is 15.9 Å². The summed E-state index contributed by atoms with van der Waals surface area (Å²) >= 11 is 1.25. The van der Waals surface area contributed by atoms with E-state index in [-0.39, 0.29) is 5.97 Å². The van der Waals surface area contributed by atoms with Crippen LogP contribution in [-0.4, -0.2) is 56.9 Å².